The molecule has 0 radical (unpaired) electrons. The van der Waals surface area contributed by atoms with Crippen molar-refractivity contribution in [1.29, 1.82) is 0 Å². The third-order valence-corrected chi connectivity index (χ3v) is 8.07. The zero-order valence-corrected chi connectivity index (χ0v) is 28.0. The fourth-order valence-corrected chi connectivity index (χ4v) is 5.15. The minimum atomic E-state index is -0.379. The van der Waals surface area contributed by atoms with Crippen molar-refractivity contribution in [3.63, 3.8) is 0 Å². The van der Waals surface area contributed by atoms with Crippen LogP contribution in [0, 0.1) is 10.1 Å². The molecule has 44 heavy (non-hydrogen) atoms. The molecule has 0 bridgehead atoms. The van der Waals surface area contributed by atoms with Crippen LogP contribution < -0.4 is 9.47 Å². The Kier molecular flexibility index (Phi) is 16.4. The van der Waals surface area contributed by atoms with Gasteiger partial charge in [-0.2, -0.15) is 0 Å². The van der Waals surface area contributed by atoms with Crippen molar-refractivity contribution < 1.29 is 14.4 Å². The summed E-state index contributed by atoms with van der Waals surface area (Å²) in [4.78, 5) is 10.7. The zero-order valence-electron chi connectivity index (χ0n) is 26.4. The lowest BCUT2D eigenvalue weighted by Gasteiger charge is -2.15. The molecule has 0 atom stereocenters. The Morgan fingerprint density at radius 1 is 0.614 bits per heavy atom. The molecule has 0 aliphatic heterocycles. The highest BCUT2D eigenvalue weighted by molar-refractivity contribution is 9.10. The van der Waals surface area contributed by atoms with Crippen LogP contribution in [0.15, 0.2) is 65.1 Å². The second-order valence-corrected chi connectivity index (χ2v) is 12.1. The first-order valence-electron chi connectivity index (χ1n) is 16.3. The third kappa shape index (κ3) is 13.1. The van der Waals surface area contributed by atoms with E-state index in [4.69, 9.17) is 9.47 Å². The first kappa shape index (κ1) is 35.1. The normalized spacial score (nSPS) is 11.4. The molecule has 3 rings (SSSR count). The fraction of sp³-hybridized carbons (Fsp3) is 0.421. The van der Waals surface area contributed by atoms with Gasteiger partial charge in [0.15, 0.2) is 0 Å². The van der Waals surface area contributed by atoms with Gasteiger partial charge in [-0.15, -0.1) is 0 Å². The maximum absolute atomic E-state index is 11.1. The number of rotatable bonds is 21. The largest absolute Gasteiger partial charge is 0.493 e. The summed E-state index contributed by atoms with van der Waals surface area (Å²) in [7, 11) is 0. The van der Waals surface area contributed by atoms with Gasteiger partial charge in [0.25, 0.3) is 5.69 Å². The number of unbranched alkanes of at least 4 members (excludes halogenated alkanes) is 10. The van der Waals surface area contributed by atoms with Gasteiger partial charge in [-0.25, -0.2) is 0 Å². The Hall–Kier alpha value is -3.38. The van der Waals surface area contributed by atoms with Crippen LogP contribution in [0.2, 0.25) is 0 Å². The topological polar surface area (TPSA) is 61.6 Å². The van der Waals surface area contributed by atoms with Crippen LogP contribution in [-0.2, 0) is 0 Å². The minimum absolute atomic E-state index is 0.0809. The second kappa shape index (κ2) is 20.6. The summed E-state index contributed by atoms with van der Waals surface area (Å²) in [6.45, 7) is 5.78. The second-order valence-electron chi connectivity index (χ2n) is 11.2. The summed E-state index contributed by atoms with van der Waals surface area (Å²) >= 11 is 3.52. The molecular formula is C38H48BrNO4. The van der Waals surface area contributed by atoms with E-state index in [0.29, 0.717) is 13.2 Å². The monoisotopic (exact) mass is 661 g/mol. The summed E-state index contributed by atoms with van der Waals surface area (Å²) < 4.78 is 13.8. The van der Waals surface area contributed by atoms with E-state index >= 15 is 0 Å². The van der Waals surface area contributed by atoms with Crippen molar-refractivity contribution in [2.24, 2.45) is 0 Å². The van der Waals surface area contributed by atoms with Crippen molar-refractivity contribution in [3.8, 4) is 11.5 Å². The average molecular weight is 663 g/mol. The van der Waals surface area contributed by atoms with E-state index in [1.165, 1.54) is 63.5 Å². The van der Waals surface area contributed by atoms with E-state index in [9.17, 15) is 10.1 Å². The van der Waals surface area contributed by atoms with E-state index in [2.05, 4.69) is 66.2 Å². The molecule has 0 aliphatic rings. The van der Waals surface area contributed by atoms with Crippen LogP contribution in [0.4, 0.5) is 5.69 Å². The molecule has 0 heterocycles. The van der Waals surface area contributed by atoms with Crippen LogP contribution in [0.5, 0.6) is 11.5 Å². The summed E-state index contributed by atoms with van der Waals surface area (Å²) in [5.74, 6) is 1.63. The summed E-state index contributed by atoms with van der Waals surface area (Å²) in [6, 6.07) is 19.0. The summed E-state index contributed by atoms with van der Waals surface area (Å²) in [6.07, 6.45) is 22.6. The van der Waals surface area contributed by atoms with E-state index in [1.807, 2.05) is 24.3 Å². The number of nitrogens with zero attached hydrogens (tertiary/aromatic N) is 1. The number of nitro benzene ring substituents is 1. The lowest BCUT2D eigenvalue weighted by Crippen LogP contribution is -2.03. The van der Waals surface area contributed by atoms with Gasteiger partial charge in [0.1, 0.15) is 11.5 Å². The van der Waals surface area contributed by atoms with Crippen molar-refractivity contribution in [1.82, 2.24) is 0 Å². The molecule has 6 heteroatoms. The lowest BCUT2D eigenvalue weighted by atomic mass is 10.0. The van der Waals surface area contributed by atoms with Crippen LogP contribution in [0.1, 0.15) is 113 Å². The van der Waals surface area contributed by atoms with Gasteiger partial charge in [-0.1, -0.05) is 130 Å². The fourth-order valence-electron chi connectivity index (χ4n) is 4.88. The Labute approximate surface area is 272 Å². The predicted molar refractivity (Wildman–Crippen MR) is 189 cm³/mol. The maximum Gasteiger partial charge on any atom is 0.269 e. The minimum Gasteiger partial charge on any atom is -0.493 e. The van der Waals surface area contributed by atoms with Gasteiger partial charge < -0.3 is 9.47 Å². The molecule has 0 spiro atoms. The number of hydrogen-bond donors (Lipinski definition) is 0. The number of hydrogen-bond acceptors (Lipinski definition) is 4. The molecule has 0 amide bonds. The highest BCUT2D eigenvalue weighted by atomic mass is 79.9. The van der Waals surface area contributed by atoms with Gasteiger partial charge in [0, 0.05) is 27.7 Å². The molecule has 0 fully saturated rings. The van der Waals surface area contributed by atoms with Gasteiger partial charge in [-0.3, -0.25) is 10.1 Å². The molecule has 0 saturated heterocycles. The third-order valence-electron chi connectivity index (χ3n) is 7.54. The smallest absolute Gasteiger partial charge is 0.269 e. The first-order chi connectivity index (χ1) is 21.5. The maximum atomic E-state index is 11.1. The summed E-state index contributed by atoms with van der Waals surface area (Å²) in [5.41, 5.74) is 3.97. The average Bonchev–Trinajstić information content (AvgIpc) is 3.03. The quantitative estimate of drug-likeness (QED) is 0.0493. The van der Waals surface area contributed by atoms with Gasteiger partial charge in [-0.05, 0) is 60.4 Å². The van der Waals surface area contributed by atoms with Gasteiger partial charge in [0.05, 0.1) is 18.1 Å². The van der Waals surface area contributed by atoms with E-state index < -0.39 is 0 Å². The van der Waals surface area contributed by atoms with Crippen molar-refractivity contribution in [2.75, 3.05) is 13.2 Å². The zero-order chi connectivity index (χ0) is 31.4. The Balaban J connectivity index is 1.86. The van der Waals surface area contributed by atoms with Crippen molar-refractivity contribution in [3.05, 3.63) is 97.5 Å². The first-order valence-corrected chi connectivity index (χ1v) is 17.1. The molecule has 0 saturated carbocycles. The van der Waals surface area contributed by atoms with Crippen LogP contribution in [-0.4, -0.2) is 18.1 Å². The van der Waals surface area contributed by atoms with Gasteiger partial charge >= 0.3 is 0 Å². The molecule has 236 valence electrons. The molecule has 0 unspecified atom stereocenters. The van der Waals surface area contributed by atoms with E-state index in [0.717, 1.165) is 63.9 Å². The highest BCUT2D eigenvalue weighted by Gasteiger charge is 2.11. The predicted octanol–water partition coefficient (Wildman–Crippen LogP) is 12.2. The van der Waals surface area contributed by atoms with Gasteiger partial charge in [0.2, 0.25) is 0 Å². The lowest BCUT2D eigenvalue weighted by molar-refractivity contribution is -0.384. The van der Waals surface area contributed by atoms with Crippen molar-refractivity contribution in [2.45, 2.75) is 90.9 Å². The molecule has 0 aromatic heterocycles. The number of nitro groups is 1. The molecule has 0 N–H and O–H groups in total. The van der Waals surface area contributed by atoms with E-state index in [1.54, 1.807) is 12.1 Å². The highest BCUT2D eigenvalue weighted by Crippen LogP contribution is 2.33. The Bertz CT molecular complexity index is 1320. The standard InChI is InChI=1S/C38H48BrNO4/c1-3-5-7-9-11-13-27-43-37-30-34(22-16-32-19-25-36(26-20-32)40(41)42)38(44-28-14-12-10-8-6-4-2)29-33(37)21-15-31-17-23-35(39)24-18-31/h15-26,29-30H,3-14,27-28H2,1-2H3/b21-15+,22-16+. The number of ether oxygens (including phenoxy) is 2. The molecule has 3 aromatic carbocycles. The SMILES string of the molecule is CCCCCCCCOc1cc(/C=C/c2ccc([N+](=O)[O-])cc2)c(OCCCCCCCC)cc1/C=C/c1ccc(Br)cc1. The molecular weight excluding hydrogens is 614 g/mol. The number of halogens is 1. The van der Waals surface area contributed by atoms with Crippen LogP contribution in [0.3, 0.4) is 0 Å². The number of benzene rings is 3. The number of non-ortho nitro benzene ring substituents is 1. The Morgan fingerprint density at radius 2 is 1.02 bits per heavy atom. The summed E-state index contributed by atoms with van der Waals surface area (Å²) in [5, 5.41) is 11.1. The van der Waals surface area contributed by atoms with Crippen LogP contribution in [0.25, 0.3) is 24.3 Å². The van der Waals surface area contributed by atoms with Crippen molar-refractivity contribution >= 4 is 45.9 Å². The van der Waals surface area contributed by atoms with E-state index in [-0.39, 0.29) is 10.6 Å². The van der Waals surface area contributed by atoms with Crippen LogP contribution >= 0.6 is 15.9 Å². The molecule has 3 aromatic rings. The molecule has 0 aliphatic carbocycles. The Morgan fingerprint density at radius 3 is 1.45 bits per heavy atom. The molecule has 5 nitrogen and oxygen atoms in total.